The molecule has 0 bridgehead atoms. The van der Waals surface area contributed by atoms with Gasteiger partial charge in [0.2, 0.25) is 5.88 Å². The lowest BCUT2D eigenvalue weighted by molar-refractivity contribution is 0.0697. The monoisotopic (exact) mass is 625 g/mol. The summed E-state index contributed by atoms with van der Waals surface area (Å²) in [5, 5.41) is 11.9. The van der Waals surface area contributed by atoms with E-state index in [0.717, 1.165) is 79.4 Å². The van der Waals surface area contributed by atoms with Gasteiger partial charge in [0.15, 0.2) is 0 Å². The van der Waals surface area contributed by atoms with E-state index in [0.29, 0.717) is 30.1 Å². The minimum Gasteiger partial charge on any atom is -0.478 e. The fourth-order valence-corrected chi connectivity index (χ4v) is 7.16. The second-order valence-corrected chi connectivity index (χ2v) is 13.7. The third-order valence-corrected chi connectivity index (χ3v) is 9.82. The molecule has 2 aromatic heterocycles. The number of carboxylic acid groups (broad SMARTS) is 1. The zero-order valence-corrected chi connectivity index (χ0v) is 26.7. The Morgan fingerprint density at radius 3 is 2.60 bits per heavy atom. The van der Waals surface area contributed by atoms with Crippen LogP contribution in [0, 0.1) is 5.41 Å². The number of anilines is 3. The molecule has 1 aliphatic carbocycles. The van der Waals surface area contributed by atoms with E-state index in [1.165, 1.54) is 17.6 Å². The van der Waals surface area contributed by atoms with E-state index in [9.17, 15) is 9.90 Å². The maximum Gasteiger partial charge on any atom is 0.337 e. The molecule has 4 heterocycles. The molecule has 0 unspecified atom stereocenters. The van der Waals surface area contributed by atoms with Gasteiger partial charge in [-0.2, -0.15) is 4.98 Å². The van der Waals surface area contributed by atoms with Crippen LogP contribution in [0.15, 0.2) is 66.4 Å². The first kappa shape index (κ1) is 29.7. The van der Waals surface area contributed by atoms with E-state index in [1.807, 2.05) is 42.6 Å². The van der Waals surface area contributed by atoms with Crippen molar-refractivity contribution in [2.45, 2.75) is 39.5 Å². The van der Waals surface area contributed by atoms with Crippen molar-refractivity contribution < 1.29 is 14.6 Å². The van der Waals surface area contributed by atoms with Crippen molar-refractivity contribution in [1.29, 1.82) is 0 Å². The second kappa shape index (κ2) is 12.1. The summed E-state index contributed by atoms with van der Waals surface area (Å²) in [7, 11) is 0. The van der Waals surface area contributed by atoms with E-state index < -0.39 is 5.97 Å². The SMILES string of the molecule is CC1(C)CCC(CN2CCN(c3ccc(C(=O)O)c(N4CCCOc5nc6[nH]ccc6cc54)c3)CC2)=C(c2ccc(Cl)cc2)C1. The topological polar surface area (TPSA) is 84.9 Å². The number of benzene rings is 2. The predicted octanol–water partition coefficient (Wildman–Crippen LogP) is 7.62. The maximum atomic E-state index is 12.4. The number of pyridine rings is 1. The number of rotatable bonds is 6. The van der Waals surface area contributed by atoms with E-state index in [2.05, 4.69) is 45.7 Å². The highest BCUT2D eigenvalue weighted by molar-refractivity contribution is 6.30. The van der Waals surface area contributed by atoms with Crippen LogP contribution in [-0.2, 0) is 0 Å². The smallest absolute Gasteiger partial charge is 0.337 e. The van der Waals surface area contributed by atoms with E-state index in [1.54, 1.807) is 11.6 Å². The number of nitrogens with one attached hydrogen (secondary N) is 1. The Kier molecular flexibility index (Phi) is 7.96. The van der Waals surface area contributed by atoms with Crippen LogP contribution < -0.4 is 14.5 Å². The Morgan fingerprint density at radius 1 is 1.02 bits per heavy atom. The first-order valence-corrected chi connectivity index (χ1v) is 16.3. The molecule has 0 spiro atoms. The highest BCUT2D eigenvalue weighted by Gasteiger charge is 2.30. The summed E-state index contributed by atoms with van der Waals surface area (Å²) in [6.45, 7) is 10.6. The molecule has 1 fully saturated rings. The van der Waals surface area contributed by atoms with Crippen molar-refractivity contribution >= 4 is 51.2 Å². The average molecular weight is 626 g/mol. The number of aromatic carboxylic acids is 1. The van der Waals surface area contributed by atoms with Crippen molar-refractivity contribution in [3.8, 4) is 5.88 Å². The molecule has 0 atom stereocenters. The van der Waals surface area contributed by atoms with Crippen LogP contribution in [-0.4, -0.2) is 71.8 Å². The molecule has 2 aliphatic heterocycles. The fraction of sp³-hybridized carbons (Fsp3) is 0.389. The van der Waals surface area contributed by atoms with Crippen molar-refractivity contribution in [1.82, 2.24) is 14.9 Å². The molecule has 0 radical (unpaired) electrons. The summed E-state index contributed by atoms with van der Waals surface area (Å²) in [6.07, 6.45) is 6.02. The number of H-pyrrole nitrogens is 1. The highest BCUT2D eigenvalue weighted by Crippen LogP contribution is 2.44. The number of halogens is 1. The van der Waals surface area contributed by atoms with Gasteiger partial charge in [0.05, 0.1) is 17.9 Å². The Labute approximate surface area is 269 Å². The summed E-state index contributed by atoms with van der Waals surface area (Å²) >= 11 is 6.22. The Morgan fingerprint density at radius 2 is 1.82 bits per heavy atom. The van der Waals surface area contributed by atoms with Crippen molar-refractivity contribution in [3.05, 3.63) is 82.5 Å². The number of carbonyl (C=O) groups is 1. The van der Waals surface area contributed by atoms with E-state index in [-0.39, 0.29) is 5.56 Å². The largest absolute Gasteiger partial charge is 0.478 e. The van der Waals surface area contributed by atoms with Crippen LogP contribution in [0.3, 0.4) is 0 Å². The van der Waals surface area contributed by atoms with Gasteiger partial charge >= 0.3 is 5.97 Å². The number of allylic oxidation sites excluding steroid dienone is 1. The molecule has 0 amide bonds. The van der Waals surface area contributed by atoms with Crippen LogP contribution >= 0.6 is 11.6 Å². The minimum atomic E-state index is -0.941. The number of hydrogen-bond donors (Lipinski definition) is 2. The zero-order chi connectivity index (χ0) is 31.1. The van der Waals surface area contributed by atoms with Gasteiger partial charge in [-0.05, 0) is 84.7 Å². The molecular weight excluding hydrogens is 586 g/mol. The number of carboxylic acids is 1. The molecule has 234 valence electrons. The number of hydrogen-bond acceptors (Lipinski definition) is 6. The summed E-state index contributed by atoms with van der Waals surface area (Å²) in [5.41, 5.74) is 8.16. The molecule has 2 aromatic carbocycles. The van der Waals surface area contributed by atoms with Crippen LogP contribution in [0.1, 0.15) is 55.5 Å². The van der Waals surface area contributed by atoms with Gasteiger partial charge in [-0.25, -0.2) is 4.79 Å². The lowest BCUT2D eigenvalue weighted by Gasteiger charge is -2.39. The van der Waals surface area contributed by atoms with Crippen LogP contribution in [0.4, 0.5) is 17.1 Å². The molecule has 3 aliphatic rings. The lowest BCUT2D eigenvalue weighted by atomic mass is 9.72. The van der Waals surface area contributed by atoms with Crippen LogP contribution in [0.5, 0.6) is 5.88 Å². The molecule has 1 saturated heterocycles. The van der Waals surface area contributed by atoms with Gasteiger partial charge in [0.1, 0.15) is 11.3 Å². The third-order valence-electron chi connectivity index (χ3n) is 9.57. The zero-order valence-electron chi connectivity index (χ0n) is 26.0. The van der Waals surface area contributed by atoms with Gasteiger partial charge in [0.25, 0.3) is 0 Å². The lowest BCUT2D eigenvalue weighted by Crippen LogP contribution is -2.47. The van der Waals surface area contributed by atoms with Gasteiger partial charge in [-0.3, -0.25) is 4.90 Å². The summed E-state index contributed by atoms with van der Waals surface area (Å²) < 4.78 is 6.01. The molecule has 0 saturated carbocycles. The Balaban J connectivity index is 1.12. The maximum absolute atomic E-state index is 12.4. The molecular formula is C36H40ClN5O3. The number of fused-ring (bicyclic) bond motifs is 2. The van der Waals surface area contributed by atoms with Gasteiger partial charge in [0, 0.05) is 61.6 Å². The van der Waals surface area contributed by atoms with Crippen LogP contribution in [0.2, 0.25) is 5.02 Å². The van der Waals surface area contributed by atoms with Crippen LogP contribution in [0.25, 0.3) is 16.6 Å². The predicted molar refractivity (Wildman–Crippen MR) is 181 cm³/mol. The molecule has 2 N–H and O–H groups in total. The first-order chi connectivity index (χ1) is 21.7. The fourth-order valence-electron chi connectivity index (χ4n) is 7.03. The van der Waals surface area contributed by atoms with E-state index in [4.69, 9.17) is 21.3 Å². The molecule has 4 aromatic rings. The molecule has 7 rings (SSSR count). The van der Waals surface area contributed by atoms with E-state index >= 15 is 0 Å². The number of nitrogens with zero attached hydrogens (tertiary/aromatic N) is 4. The molecule has 45 heavy (non-hydrogen) atoms. The quantitative estimate of drug-likeness (QED) is 0.228. The Hall–Kier alpha value is -4.01. The summed E-state index contributed by atoms with van der Waals surface area (Å²) in [5.74, 6) is -0.416. The van der Waals surface area contributed by atoms with Crippen molar-refractivity contribution in [2.75, 3.05) is 55.7 Å². The minimum absolute atomic E-state index is 0.279. The number of aromatic amines is 1. The number of ether oxygens (including phenoxy) is 1. The summed E-state index contributed by atoms with van der Waals surface area (Å²) in [4.78, 5) is 27.3. The standard InChI is InChI=1S/C36H40ClN5O3/c1-36(2)12-10-26(30(22-36)24-4-6-27(37)7-5-24)23-40-15-17-41(18-16-40)28-8-9-29(35(43)44)31(21-28)42-14-3-19-45-34-32(42)20-25-11-13-38-33(25)39-34/h4-9,11,13,20-21H,3,10,12,14-19,22-23H2,1-2H3,(H,38,39)(H,43,44). The van der Waals surface area contributed by atoms with Crippen molar-refractivity contribution in [2.24, 2.45) is 5.41 Å². The average Bonchev–Trinajstić information content (AvgIpc) is 3.39. The number of aromatic nitrogens is 2. The first-order valence-electron chi connectivity index (χ1n) is 15.9. The van der Waals surface area contributed by atoms with Gasteiger partial charge < -0.3 is 24.6 Å². The summed E-state index contributed by atoms with van der Waals surface area (Å²) in [6, 6.07) is 18.1. The molecule has 9 heteroatoms. The van der Waals surface area contributed by atoms with Gasteiger partial charge in [-0.1, -0.05) is 43.2 Å². The third kappa shape index (κ3) is 6.14. The highest BCUT2D eigenvalue weighted by atomic mass is 35.5. The number of piperazine rings is 1. The second-order valence-electron chi connectivity index (χ2n) is 13.3. The normalized spacial score (nSPS) is 18.9. The Bertz CT molecular complexity index is 1750. The van der Waals surface area contributed by atoms with Crippen molar-refractivity contribution in [3.63, 3.8) is 0 Å². The molecule has 8 nitrogen and oxygen atoms in total. The van der Waals surface area contributed by atoms with Gasteiger partial charge in [-0.15, -0.1) is 0 Å².